The molecular weight excluding hydrogens is 252 g/mol. The van der Waals surface area contributed by atoms with Crippen molar-refractivity contribution in [2.45, 2.75) is 13.0 Å². The fourth-order valence-corrected chi connectivity index (χ4v) is 2.10. The van der Waals surface area contributed by atoms with Gasteiger partial charge in [-0.05, 0) is 19.1 Å². The molecule has 6 heteroatoms. The van der Waals surface area contributed by atoms with Gasteiger partial charge in [0.2, 0.25) is 5.91 Å². The molecule has 1 unspecified atom stereocenters. The highest BCUT2D eigenvalue weighted by molar-refractivity contribution is 5.92. The number of para-hydroxylation sites is 1. The van der Waals surface area contributed by atoms with Crippen LogP contribution in [0.1, 0.15) is 6.92 Å². The van der Waals surface area contributed by atoms with Gasteiger partial charge in [-0.25, -0.2) is 8.78 Å². The molecule has 1 heterocycles. The summed E-state index contributed by atoms with van der Waals surface area (Å²) in [7, 11) is 0. The number of carbonyl (C=O) groups excluding carboxylic acids is 1. The first-order valence-electron chi connectivity index (χ1n) is 6.26. The van der Waals surface area contributed by atoms with Crippen molar-refractivity contribution in [2.75, 3.05) is 31.5 Å². The minimum atomic E-state index is -0.762. The second kappa shape index (κ2) is 6.08. The number of piperazine rings is 1. The SMILES string of the molecule is CC1CNCCN1CC(=O)Nc1c(F)cccc1F. The lowest BCUT2D eigenvalue weighted by molar-refractivity contribution is -0.118. The average molecular weight is 269 g/mol. The van der Waals surface area contributed by atoms with E-state index in [1.165, 1.54) is 6.07 Å². The number of benzene rings is 1. The Labute approximate surface area is 110 Å². The maximum absolute atomic E-state index is 13.4. The smallest absolute Gasteiger partial charge is 0.238 e. The molecular formula is C13H17F2N3O. The molecule has 1 aliphatic heterocycles. The fraction of sp³-hybridized carbons (Fsp3) is 0.462. The van der Waals surface area contributed by atoms with Crippen LogP contribution in [0.5, 0.6) is 0 Å². The lowest BCUT2D eigenvalue weighted by Crippen LogP contribution is -2.52. The second-order valence-corrected chi connectivity index (χ2v) is 4.67. The molecule has 104 valence electrons. The van der Waals surface area contributed by atoms with Crippen molar-refractivity contribution < 1.29 is 13.6 Å². The van der Waals surface area contributed by atoms with E-state index in [4.69, 9.17) is 0 Å². The van der Waals surface area contributed by atoms with Crippen LogP contribution in [0, 0.1) is 11.6 Å². The molecule has 0 radical (unpaired) electrons. The normalized spacial score (nSPS) is 20.3. The number of anilines is 1. The van der Waals surface area contributed by atoms with Crippen molar-refractivity contribution in [2.24, 2.45) is 0 Å². The third-order valence-electron chi connectivity index (χ3n) is 3.21. The number of hydrogen-bond acceptors (Lipinski definition) is 3. The Kier molecular flexibility index (Phi) is 4.44. The predicted octanol–water partition coefficient (Wildman–Crippen LogP) is 1.20. The molecule has 0 bridgehead atoms. The van der Waals surface area contributed by atoms with E-state index in [0.717, 1.165) is 31.8 Å². The molecule has 0 spiro atoms. The quantitative estimate of drug-likeness (QED) is 0.866. The number of nitrogens with one attached hydrogen (secondary N) is 2. The van der Waals surface area contributed by atoms with Gasteiger partial charge < -0.3 is 10.6 Å². The summed E-state index contributed by atoms with van der Waals surface area (Å²) in [5.74, 6) is -1.93. The first-order valence-corrected chi connectivity index (χ1v) is 6.26. The summed E-state index contributed by atoms with van der Waals surface area (Å²) in [5.41, 5.74) is -0.379. The van der Waals surface area contributed by atoms with E-state index >= 15 is 0 Å². The molecule has 19 heavy (non-hydrogen) atoms. The van der Waals surface area contributed by atoms with Crippen molar-refractivity contribution in [3.8, 4) is 0 Å². The molecule has 4 nitrogen and oxygen atoms in total. The molecule has 0 aromatic heterocycles. The van der Waals surface area contributed by atoms with Crippen LogP contribution in [0.3, 0.4) is 0 Å². The van der Waals surface area contributed by atoms with Crippen molar-refractivity contribution in [3.63, 3.8) is 0 Å². The molecule has 1 atom stereocenters. The van der Waals surface area contributed by atoms with Crippen LogP contribution in [-0.2, 0) is 4.79 Å². The van der Waals surface area contributed by atoms with Gasteiger partial charge in [-0.15, -0.1) is 0 Å². The Morgan fingerprint density at radius 2 is 2.16 bits per heavy atom. The van der Waals surface area contributed by atoms with Gasteiger partial charge in [0.1, 0.15) is 17.3 Å². The van der Waals surface area contributed by atoms with E-state index in [9.17, 15) is 13.6 Å². The van der Waals surface area contributed by atoms with Gasteiger partial charge in [0.25, 0.3) is 0 Å². The van der Waals surface area contributed by atoms with Gasteiger partial charge in [0.15, 0.2) is 0 Å². The number of nitrogens with zero attached hydrogens (tertiary/aromatic N) is 1. The number of halogens is 2. The van der Waals surface area contributed by atoms with Crippen LogP contribution in [0.4, 0.5) is 14.5 Å². The van der Waals surface area contributed by atoms with Crippen LogP contribution in [-0.4, -0.2) is 43.0 Å². The third kappa shape index (κ3) is 3.48. The first-order chi connectivity index (χ1) is 9.08. The van der Waals surface area contributed by atoms with Gasteiger partial charge in [-0.3, -0.25) is 9.69 Å². The van der Waals surface area contributed by atoms with E-state index in [0.29, 0.717) is 0 Å². The number of rotatable bonds is 3. The molecule has 1 saturated heterocycles. The van der Waals surface area contributed by atoms with Gasteiger partial charge in [0.05, 0.1) is 6.54 Å². The summed E-state index contributed by atoms with van der Waals surface area (Å²) in [6.07, 6.45) is 0. The summed E-state index contributed by atoms with van der Waals surface area (Å²) < 4.78 is 26.8. The Balaban J connectivity index is 1.97. The molecule has 1 aromatic rings. The highest BCUT2D eigenvalue weighted by Crippen LogP contribution is 2.18. The predicted molar refractivity (Wildman–Crippen MR) is 68.9 cm³/mol. The highest BCUT2D eigenvalue weighted by atomic mass is 19.1. The zero-order valence-electron chi connectivity index (χ0n) is 10.7. The summed E-state index contributed by atoms with van der Waals surface area (Å²) in [6.45, 7) is 4.50. The Bertz CT molecular complexity index is 447. The van der Waals surface area contributed by atoms with E-state index < -0.39 is 17.5 Å². The molecule has 2 N–H and O–H groups in total. The van der Waals surface area contributed by atoms with Gasteiger partial charge in [-0.1, -0.05) is 6.07 Å². The monoisotopic (exact) mass is 269 g/mol. The lowest BCUT2D eigenvalue weighted by atomic mass is 10.2. The maximum atomic E-state index is 13.4. The largest absolute Gasteiger partial charge is 0.320 e. The number of amides is 1. The zero-order valence-corrected chi connectivity index (χ0v) is 10.7. The van der Waals surface area contributed by atoms with Gasteiger partial charge in [0, 0.05) is 25.7 Å². The van der Waals surface area contributed by atoms with Crippen LogP contribution < -0.4 is 10.6 Å². The highest BCUT2D eigenvalue weighted by Gasteiger charge is 2.21. The topological polar surface area (TPSA) is 44.4 Å². The minimum Gasteiger partial charge on any atom is -0.320 e. The zero-order chi connectivity index (χ0) is 13.8. The summed E-state index contributed by atoms with van der Waals surface area (Å²) >= 11 is 0. The van der Waals surface area contributed by atoms with E-state index in [-0.39, 0.29) is 18.3 Å². The van der Waals surface area contributed by atoms with Crippen molar-refractivity contribution >= 4 is 11.6 Å². The second-order valence-electron chi connectivity index (χ2n) is 4.67. The van der Waals surface area contributed by atoms with Crippen molar-refractivity contribution in [3.05, 3.63) is 29.8 Å². The Morgan fingerprint density at radius 1 is 1.47 bits per heavy atom. The van der Waals surface area contributed by atoms with Crippen LogP contribution in [0.25, 0.3) is 0 Å². The van der Waals surface area contributed by atoms with Crippen LogP contribution in [0.2, 0.25) is 0 Å². The van der Waals surface area contributed by atoms with E-state index in [1.807, 2.05) is 11.8 Å². The Hall–Kier alpha value is -1.53. The summed E-state index contributed by atoms with van der Waals surface area (Å²) in [4.78, 5) is 13.8. The molecule has 1 amide bonds. The van der Waals surface area contributed by atoms with Crippen molar-refractivity contribution in [1.29, 1.82) is 0 Å². The molecule has 1 aliphatic rings. The molecule has 2 rings (SSSR count). The van der Waals surface area contributed by atoms with Gasteiger partial charge in [-0.2, -0.15) is 0 Å². The molecule has 1 aromatic carbocycles. The number of hydrogen-bond donors (Lipinski definition) is 2. The molecule has 0 aliphatic carbocycles. The minimum absolute atomic E-state index is 0.136. The van der Waals surface area contributed by atoms with Crippen LogP contribution >= 0.6 is 0 Å². The summed E-state index contributed by atoms with van der Waals surface area (Å²) in [6, 6.07) is 3.72. The summed E-state index contributed by atoms with van der Waals surface area (Å²) in [5, 5.41) is 5.51. The molecule has 0 saturated carbocycles. The third-order valence-corrected chi connectivity index (χ3v) is 3.21. The maximum Gasteiger partial charge on any atom is 0.238 e. The standard InChI is InChI=1S/C13H17F2N3O/c1-9-7-16-5-6-18(9)8-12(19)17-13-10(14)3-2-4-11(13)15/h2-4,9,16H,5-8H2,1H3,(H,17,19). The van der Waals surface area contributed by atoms with E-state index in [1.54, 1.807) is 0 Å². The van der Waals surface area contributed by atoms with E-state index in [2.05, 4.69) is 10.6 Å². The Morgan fingerprint density at radius 3 is 2.79 bits per heavy atom. The van der Waals surface area contributed by atoms with Crippen molar-refractivity contribution in [1.82, 2.24) is 10.2 Å². The first kappa shape index (κ1) is 13.9. The molecule has 1 fully saturated rings. The fourth-order valence-electron chi connectivity index (χ4n) is 2.10. The van der Waals surface area contributed by atoms with Gasteiger partial charge >= 0.3 is 0 Å². The number of carbonyl (C=O) groups is 1. The lowest BCUT2D eigenvalue weighted by Gasteiger charge is -2.33. The van der Waals surface area contributed by atoms with Crippen LogP contribution in [0.15, 0.2) is 18.2 Å². The average Bonchev–Trinajstić information content (AvgIpc) is 2.37.